The van der Waals surface area contributed by atoms with Crippen LogP contribution in [0.4, 0.5) is 4.39 Å². The lowest BCUT2D eigenvalue weighted by molar-refractivity contribution is -0.138. The number of benzene rings is 3. The fraction of sp³-hybridized carbons (Fsp3) is 0.138. The molecule has 0 fully saturated rings. The first-order valence-electron chi connectivity index (χ1n) is 11.7. The van der Waals surface area contributed by atoms with E-state index in [4.69, 9.17) is 32.7 Å². The normalized spacial score (nSPS) is 15.2. The molecule has 0 unspecified atom stereocenters. The van der Waals surface area contributed by atoms with E-state index < -0.39 is 17.7 Å². The topological polar surface area (TPSA) is 85.2 Å². The van der Waals surface area contributed by atoms with Crippen molar-refractivity contribution >= 4 is 58.0 Å². The van der Waals surface area contributed by atoms with Crippen molar-refractivity contribution < 1.29 is 28.6 Å². The van der Waals surface area contributed by atoms with E-state index in [0.717, 1.165) is 17.3 Å². The van der Waals surface area contributed by atoms with Crippen molar-refractivity contribution in [2.24, 2.45) is 4.99 Å². The molecule has 0 atom stereocenters. The summed E-state index contributed by atoms with van der Waals surface area (Å²) in [5, 5.41) is 11.2. The smallest absolute Gasteiger partial charge is 0.344 e. The summed E-state index contributed by atoms with van der Waals surface area (Å²) < 4.78 is 24.7. The Kier molecular flexibility index (Phi) is 9.12. The van der Waals surface area contributed by atoms with E-state index in [0.29, 0.717) is 16.7 Å². The van der Waals surface area contributed by atoms with Crippen LogP contribution in [0, 0.1) is 12.7 Å². The minimum Gasteiger partial charge on any atom is -0.506 e. The van der Waals surface area contributed by atoms with Crippen molar-refractivity contribution in [1.82, 2.24) is 0 Å². The highest BCUT2D eigenvalue weighted by Gasteiger charge is 2.34. The Morgan fingerprint density at radius 3 is 2.41 bits per heavy atom. The van der Waals surface area contributed by atoms with Gasteiger partial charge in [0.25, 0.3) is 5.91 Å². The first-order chi connectivity index (χ1) is 18.7. The summed E-state index contributed by atoms with van der Waals surface area (Å²) in [5.74, 6) is -2.01. The van der Waals surface area contributed by atoms with Crippen molar-refractivity contribution in [1.29, 1.82) is 0 Å². The second-order valence-electron chi connectivity index (χ2n) is 8.29. The molecule has 0 aromatic heterocycles. The molecule has 3 aromatic carbocycles. The van der Waals surface area contributed by atoms with Gasteiger partial charge in [0, 0.05) is 11.1 Å². The highest BCUT2D eigenvalue weighted by molar-refractivity contribution is 8.18. The minimum atomic E-state index is -0.810. The van der Waals surface area contributed by atoms with Crippen LogP contribution < -0.4 is 4.74 Å². The second-order valence-corrected chi connectivity index (χ2v) is 10.1. The monoisotopic (exact) mass is 585 g/mol. The fourth-order valence-corrected chi connectivity index (χ4v) is 5.30. The summed E-state index contributed by atoms with van der Waals surface area (Å²) in [7, 11) is 0. The number of carbonyl (C=O) groups is 2. The summed E-state index contributed by atoms with van der Waals surface area (Å²) in [6.45, 7) is 3.39. The number of halogens is 3. The van der Waals surface area contributed by atoms with Gasteiger partial charge in [0.15, 0.2) is 5.75 Å². The molecule has 10 heteroatoms. The number of thioether (sulfide) groups is 1. The maximum Gasteiger partial charge on any atom is 0.344 e. The van der Waals surface area contributed by atoms with Crippen molar-refractivity contribution in [2.45, 2.75) is 20.5 Å². The van der Waals surface area contributed by atoms with Gasteiger partial charge in [-0.15, -0.1) is 0 Å². The number of aryl methyl sites for hydroxylation is 1. The lowest BCUT2D eigenvalue weighted by Crippen LogP contribution is -2.14. The summed E-state index contributed by atoms with van der Waals surface area (Å²) in [6.07, 6.45) is 1.54. The van der Waals surface area contributed by atoms with Gasteiger partial charge in [0.05, 0.1) is 21.6 Å². The Balaban J connectivity index is 1.65. The first-order valence-corrected chi connectivity index (χ1v) is 13.3. The molecule has 4 rings (SSSR count). The van der Waals surface area contributed by atoms with Crippen LogP contribution in [0.2, 0.25) is 10.0 Å². The van der Waals surface area contributed by atoms with Gasteiger partial charge < -0.3 is 14.6 Å². The summed E-state index contributed by atoms with van der Waals surface area (Å²) in [5.41, 5.74) is 1.70. The van der Waals surface area contributed by atoms with E-state index in [2.05, 4.69) is 4.99 Å². The van der Waals surface area contributed by atoms with Crippen LogP contribution in [0.1, 0.15) is 34.0 Å². The van der Waals surface area contributed by atoms with Gasteiger partial charge >= 0.3 is 5.97 Å². The van der Waals surface area contributed by atoms with E-state index in [-0.39, 0.29) is 50.3 Å². The van der Waals surface area contributed by atoms with Gasteiger partial charge in [0.2, 0.25) is 0 Å². The molecule has 0 bridgehead atoms. The van der Waals surface area contributed by atoms with E-state index in [1.54, 1.807) is 74.5 Å². The van der Waals surface area contributed by atoms with Crippen LogP contribution >= 0.6 is 35.0 Å². The number of aliphatic imine (C=N–C) groups is 1. The average molecular weight is 586 g/mol. The predicted molar refractivity (Wildman–Crippen MR) is 152 cm³/mol. The van der Waals surface area contributed by atoms with Gasteiger partial charge in [-0.1, -0.05) is 71.4 Å². The standard InChI is InChI=1S/C29H22Cl2FNO5S/c1-3-37-29(36)24-25(34)23(39-28(24)33-27(35)19-10-6-4-8-16(19)2)14-17-12-20(30)26(21(31)13-17)38-15-18-9-5-7-11-22(18)32/h4-14,34H,3,15H2,1-2H3/b23-14-,33-28?. The van der Waals surface area contributed by atoms with E-state index in [1.807, 2.05) is 0 Å². The van der Waals surface area contributed by atoms with Crippen LogP contribution in [-0.4, -0.2) is 28.6 Å². The predicted octanol–water partition coefficient (Wildman–Crippen LogP) is 7.72. The number of ether oxygens (including phenoxy) is 2. The molecule has 0 aliphatic carbocycles. The Morgan fingerprint density at radius 2 is 1.74 bits per heavy atom. The molecule has 39 heavy (non-hydrogen) atoms. The fourth-order valence-electron chi connectivity index (χ4n) is 3.67. The number of rotatable bonds is 7. The molecular weight excluding hydrogens is 564 g/mol. The van der Waals surface area contributed by atoms with Gasteiger partial charge in [-0.25, -0.2) is 14.2 Å². The number of aliphatic hydroxyl groups excluding tert-OH is 1. The van der Waals surface area contributed by atoms with Crippen LogP contribution in [0.5, 0.6) is 5.75 Å². The highest BCUT2D eigenvalue weighted by Crippen LogP contribution is 2.41. The molecular formula is C29H22Cl2FNO5S. The van der Waals surface area contributed by atoms with Crippen LogP contribution in [0.25, 0.3) is 6.08 Å². The SMILES string of the molecule is CCOC(=O)C1=C(O)/C(=C/c2cc(Cl)c(OCc3ccccc3F)c(Cl)c2)SC1=NC(=O)c1ccccc1C. The number of amides is 1. The van der Waals surface area contributed by atoms with Crippen molar-refractivity contribution in [3.8, 4) is 5.75 Å². The Labute approximate surface area is 238 Å². The minimum absolute atomic E-state index is 0.00693. The molecule has 0 radical (unpaired) electrons. The average Bonchev–Trinajstić information content (AvgIpc) is 3.19. The lowest BCUT2D eigenvalue weighted by Gasteiger charge is -2.11. The Hall–Kier alpha value is -3.59. The molecule has 1 aliphatic rings. The third kappa shape index (κ3) is 6.53. The molecule has 0 saturated heterocycles. The maximum absolute atomic E-state index is 13.9. The summed E-state index contributed by atoms with van der Waals surface area (Å²) in [6, 6.07) is 16.2. The molecule has 1 amide bonds. The van der Waals surface area contributed by atoms with Gasteiger partial charge in [0.1, 0.15) is 28.8 Å². The molecule has 1 N–H and O–H groups in total. The molecule has 0 saturated carbocycles. The van der Waals surface area contributed by atoms with Crippen LogP contribution in [-0.2, 0) is 16.1 Å². The largest absolute Gasteiger partial charge is 0.506 e. The summed E-state index contributed by atoms with van der Waals surface area (Å²) in [4.78, 5) is 29.9. The molecule has 0 spiro atoms. The van der Waals surface area contributed by atoms with E-state index in [1.165, 1.54) is 6.07 Å². The van der Waals surface area contributed by atoms with Crippen LogP contribution in [0.15, 0.2) is 81.9 Å². The summed E-state index contributed by atoms with van der Waals surface area (Å²) >= 11 is 13.7. The molecule has 200 valence electrons. The van der Waals surface area contributed by atoms with Crippen molar-refractivity contribution in [2.75, 3.05) is 6.61 Å². The van der Waals surface area contributed by atoms with Gasteiger partial charge in [-0.05, 0) is 55.3 Å². The molecule has 6 nitrogen and oxygen atoms in total. The zero-order chi connectivity index (χ0) is 28.1. The number of carbonyl (C=O) groups excluding carboxylic acids is 2. The zero-order valence-corrected chi connectivity index (χ0v) is 23.2. The number of hydrogen-bond acceptors (Lipinski definition) is 6. The Bertz CT molecular complexity index is 1530. The molecule has 1 heterocycles. The third-order valence-electron chi connectivity index (χ3n) is 5.60. The molecule has 1 aliphatic heterocycles. The third-order valence-corrected chi connectivity index (χ3v) is 7.18. The van der Waals surface area contributed by atoms with Crippen molar-refractivity contribution in [3.05, 3.63) is 115 Å². The zero-order valence-electron chi connectivity index (χ0n) is 20.8. The Morgan fingerprint density at radius 1 is 1.08 bits per heavy atom. The number of esters is 1. The van der Waals surface area contributed by atoms with Crippen LogP contribution in [0.3, 0.4) is 0 Å². The van der Waals surface area contributed by atoms with E-state index >= 15 is 0 Å². The van der Waals surface area contributed by atoms with E-state index in [9.17, 15) is 19.1 Å². The maximum atomic E-state index is 13.9. The quantitative estimate of drug-likeness (QED) is 0.286. The van der Waals surface area contributed by atoms with Gasteiger partial charge in [-0.3, -0.25) is 4.79 Å². The number of hydrogen-bond donors (Lipinski definition) is 1. The molecule has 3 aromatic rings. The second kappa shape index (κ2) is 12.5. The highest BCUT2D eigenvalue weighted by atomic mass is 35.5. The van der Waals surface area contributed by atoms with Crippen molar-refractivity contribution in [3.63, 3.8) is 0 Å². The number of aliphatic hydroxyl groups is 1. The van der Waals surface area contributed by atoms with Gasteiger partial charge in [-0.2, -0.15) is 0 Å². The lowest BCUT2D eigenvalue weighted by atomic mass is 10.1. The number of nitrogens with zero attached hydrogens (tertiary/aromatic N) is 1. The first kappa shape index (κ1) is 28.4.